The van der Waals surface area contributed by atoms with Gasteiger partial charge in [0.1, 0.15) is 0 Å². The normalized spacial score (nSPS) is 16.8. The molecule has 1 aromatic heterocycles. The Morgan fingerprint density at radius 1 is 1.54 bits per heavy atom. The SMILES string of the molecule is Cn1nnc(C2=CCCC(Br)=C2)n1. The van der Waals surface area contributed by atoms with Crippen molar-refractivity contribution in [3.8, 4) is 0 Å². The summed E-state index contributed by atoms with van der Waals surface area (Å²) in [4.78, 5) is 1.46. The van der Waals surface area contributed by atoms with E-state index in [9.17, 15) is 0 Å². The lowest BCUT2D eigenvalue weighted by atomic mass is 10.1. The van der Waals surface area contributed by atoms with E-state index in [-0.39, 0.29) is 0 Å². The molecule has 68 valence electrons. The Morgan fingerprint density at radius 2 is 2.38 bits per heavy atom. The Kier molecular flexibility index (Phi) is 2.26. The van der Waals surface area contributed by atoms with Gasteiger partial charge in [-0.25, -0.2) is 0 Å². The molecule has 2 rings (SSSR count). The maximum Gasteiger partial charge on any atom is 0.204 e. The number of halogens is 1. The highest BCUT2D eigenvalue weighted by atomic mass is 79.9. The summed E-state index contributed by atoms with van der Waals surface area (Å²) in [7, 11) is 1.76. The molecular weight excluding hydrogens is 232 g/mol. The monoisotopic (exact) mass is 240 g/mol. The minimum atomic E-state index is 0.694. The highest BCUT2D eigenvalue weighted by Gasteiger charge is 2.09. The molecule has 0 atom stereocenters. The first-order chi connectivity index (χ1) is 6.25. The third-order valence-electron chi connectivity index (χ3n) is 1.83. The van der Waals surface area contributed by atoms with Crippen molar-refractivity contribution >= 4 is 21.5 Å². The largest absolute Gasteiger partial charge is 0.204 e. The standard InChI is InChI=1S/C8H9BrN4/c1-13-11-8(10-12-13)6-3-2-4-7(9)5-6/h3,5H,2,4H2,1H3. The summed E-state index contributed by atoms with van der Waals surface area (Å²) in [6.45, 7) is 0. The van der Waals surface area contributed by atoms with Gasteiger partial charge in [-0.3, -0.25) is 0 Å². The van der Waals surface area contributed by atoms with Gasteiger partial charge < -0.3 is 0 Å². The molecule has 1 aliphatic carbocycles. The lowest BCUT2D eigenvalue weighted by Gasteiger charge is -2.05. The first-order valence-electron chi connectivity index (χ1n) is 4.06. The fraction of sp³-hybridized carbons (Fsp3) is 0.375. The Labute approximate surface area is 84.5 Å². The second kappa shape index (κ2) is 3.41. The van der Waals surface area contributed by atoms with Crippen LogP contribution in [0.15, 0.2) is 16.6 Å². The average molecular weight is 241 g/mol. The summed E-state index contributed by atoms with van der Waals surface area (Å²) in [5.41, 5.74) is 1.05. The maximum atomic E-state index is 4.13. The smallest absolute Gasteiger partial charge is 0.167 e. The lowest BCUT2D eigenvalue weighted by Crippen LogP contribution is -1.94. The fourth-order valence-electron chi connectivity index (χ4n) is 1.22. The Balaban J connectivity index is 2.32. The van der Waals surface area contributed by atoms with Crippen molar-refractivity contribution in [3.05, 3.63) is 22.5 Å². The van der Waals surface area contributed by atoms with E-state index in [0.29, 0.717) is 5.82 Å². The van der Waals surface area contributed by atoms with Crippen LogP contribution in [0.4, 0.5) is 0 Å². The van der Waals surface area contributed by atoms with Crippen LogP contribution in [0.25, 0.3) is 5.57 Å². The van der Waals surface area contributed by atoms with Gasteiger partial charge in [-0.2, -0.15) is 4.80 Å². The molecule has 0 bridgehead atoms. The van der Waals surface area contributed by atoms with Gasteiger partial charge in [0.05, 0.1) is 7.05 Å². The van der Waals surface area contributed by atoms with Crippen molar-refractivity contribution in [2.45, 2.75) is 12.8 Å². The molecule has 1 heterocycles. The van der Waals surface area contributed by atoms with E-state index in [1.165, 1.54) is 9.28 Å². The van der Waals surface area contributed by atoms with Gasteiger partial charge in [0.2, 0.25) is 5.82 Å². The lowest BCUT2D eigenvalue weighted by molar-refractivity contribution is 0.629. The van der Waals surface area contributed by atoms with Gasteiger partial charge in [0.25, 0.3) is 0 Å². The van der Waals surface area contributed by atoms with Crippen LogP contribution in [0.5, 0.6) is 0 Å². The van der Waals surface area contributed by atoms with Crippen molar-refractivity contribution < 1.29 is 0 Å². The highest BCUT2D eigenvalue weighted by molar-refractivity contribution is 9.11. The van der Waals surface area contributed by atoms with Crippen LogP contribution in [-0.4, -0.2) is 20.2 Å². The van der Waals surface area contributed by atoms with Crippen molar-refractivity contribution in [3.63, 3.8) is 0 Å². The Hall–Kier alpha value is -0.970. The molecule has 0 saturated carbocycles. The number of nitrogens with zero attached hydrogens (tertiary/aromatic N) is 4. The number of hydrogen-bond acceptors (Lipinski definition) is 3. The van der Waals surface area contributed by atoms with E-state index in [1.807, 2.05) is 6.08 Å². The molecular formula is C8H9BrN4. The second-order valence-electron chi connectivity index (χ2n) is 2.89. The van der Waals surface area contributed by atoms with Crippen LogP contribution >= 0.6 is 15.9 Å². The van der Waals surface area contributed by atoms with Gasteiger partial charge >= 0.3 is 0 Å². The van der Waals surface area contributed by atoms with Crippen LogP contribution in [0, 0.1) is 0 Å². The molecule has 0 spiro atoms. The van der Waals surface area contributed by atoms with Crippen LogP contribution in [-0.2, 0) is 7.05 Å². The Bertz CT molecular complexity index is 377. The van der Waals surface area contributed by atoms with Crippen LogP contribution < -0.4 is 0 Å². The van der Waals surface area contributed by atoms with Crippen molar-refractivity contribution in [2.75, 3.05) is 0 Å². The Morgan fingerprint density at radius 3 is 3.00 bits per heavy atom. The van der Waals surface area contributed by atoms with Crippen LogP contribution in [0.2, 0.25) is 0 Å². The van der Waals surface area contributed by atoms with Crippen molar-refractivity contribution in [1.82, 2.24) is 20.2 Å². The summed E-state index contributed by atoms with van der Waals surface area (Å²) in [6, 6.07) is 0. The molecule has 0 fully saturated rings. The van der Waals surface area contributed by atoms with E-state index >= 15 is 0 Å². The minimum Gasteiger partial charge on any atom is -0.167 e. The molecule has 0 aromatic carbocycles. The predicted molar refractivity (Wildman–Crippen MR) is 53.0 cm³/mol. The molecule has 0 radical (unpaired) electrons. The van der Waals surface area contributed by atoms with Gasteiger partial charge in [-0.05, 0) is 28.6 Å². The average Bonchev–Trinajstić information content (AvgIpc) is 2.52. The van der Waals surface area contributed by atoms with E-state index in [4.69, 9.17) is 0 Å². The van der Waals surface area contributed by atoms with Crippen molar-refractivity contribution in [2.24, 2.45) is 7.05 Å². The zero-order chi connectivity index (χ0) is 9.26. The minimum absolute atomic E-state index is 0.694. The fourth-order valence-corrected chi connectivity index (χ4v) is 1.70. The van der Waals surface area contributed by atoms with Gasteiger partial charge in [0, 0.05) is 5.57 Å². The first kappa shape index (κ1) is 8.62. The number of tetrazole rings is 1. The third kappa shape index (κ3) is 1.85. The molecule has 5 heteroatoms. The van der Waals surface area contributed by atoms with Crippen molar-refractivity contribution in [1.29, 1.82) is 0 Å². The molecule has 1 aromatic rings. The number of allylic oxidation sites excluding steroid dienone is 4. The summed E-state index contributed by atoms with van der Waals surface area (Å²) >= 11 is 3.47. The van der Waals surface area contributed by atoms with E-state index in [0.717, 1.165) is 18.4 Å². The van der Waals surface area contributed by atoms with E-state index in [1.54, 1.807) is 7.05 Å². The van der Waals surface area contributed by atoms with Crippen LogP contribution in [0.1, 0.15) is 18.7 Å². The van der Waals surface area contributed by atoms with Gasteiger partial charge in [-0.15, -0.1) is 10.2 Å². The summed E-state index contributed by atoms with van der Waals surface area (Å²) in [5.74, 6) is 0.694. The number of rotatable bonds is 1. The molecule has 0 amide bonds. The van der Waals surface area contributed by atoms with E-state index < -0.39 is 0 Å². The summed E-state index contributed by atoms with van der Waals surface area (Å²) < 4.78 is 1.19. The zero-order valence-electron chi connectivity index (χ0n) is 7.24. The molecule has 0 N–H and O–H groups in total. The van der Waals surface area contributed by atoms with Gasteiger partial charge in [0.15, 0.2) is 0 Å². The summed E-state index contributed by atoms with van der Waals surface area (Å²) in [6.07, 6.45) is 6.26. The predicted octanol–water partition coefficient (Wildman–Crippen LogP) is 1.67. The molecule has 13 heavy (non-hydrogen) atoms. The molecule has 0 saturated heterocycles. The number of hydrogen-bond donors (Lipinski definition) is 0. The molecule has 4 nitrogen and oxygen atoms in total. The molecule has 1 aliphatic rings. The summed E-state index contributed by atoms with van der Waals surface area (Å²) in [5, 5.41) is 11.9. The topological polar surface area (TPSA) is 43.6 Å². The zero-order valence-corrected chi connectivity index (χ0v) is 8.82. The number of aromatic nitrogens is 4. The van der Waals surface area contributed by atoms with Gasteiger partial charge in [-0.1, -0.05) is 22.0 Å². The van der Waals surface area contributed by atoms with Crippen LogP contribution in [0.3, 0.4) is 0 Å². The molecule has 0 unspecified atom stereocenters. The van der Waals surface area contributed by atoms with E-state index in [2.05, 4.69) is 37.4 Å². The molecule has 0 aliphatic heterocycles. The second-order valence-corrected chi connectivity index (χ2v) is 3.91. The first-order valence-corrected chi connectivity index (χ1v) is 4.85. The quantitative estimate of drug-likeness (QED) is 0.751. The number of aryl methyl sites for hydroxylation is 1. The third-order valence-corrected chi connectivity index (χ3v) is 2.45. The highest BCUT2D eigenvalue weighted by Crippen LogP contribution is 2.25. The maximum absolute atomic E-state index is 4.13.